The van der Waals surface area contributed by atoms with Crippen LogP contribution < -0.4 is 5.32 Å². The van der Waals surface area contributed by atoms with Gasteiger partial charge in [-0.2, -0.15) is 0 Å². The zero-order chi connectivity index (χ0) is 12.1. The summed E-state index contributed by atoms with van der Waals surface area (Å²) < 4.78 is 1.15. The summed E-state index contributed by atoms with van der Waals surface area (Å²) in [6.07, 6.45) is 7.07. The Bertz CT molecular complexity index is 384. The van der Waals surface area contributed by atoms with Gasteiger partial charge >= 0.3 is 0 Å². The van der Waals surface area contributed by atoms with Crippen molar-refractivity contribution in [3.05, 3.63) is 27.8 Å². The van der Waals surface area contributed by atoms with Crippen molar-refractivity contribution < 1.29 is 4.79 Å². The predicted molar refractivity (Wildman–Crippen MR) is 79.0 cm³/mol. The van der Waals surface area contributed by atoms with Crippen molar-refractivity contribution in [1.29, 1.82) is 0 Å². The van der Waals surface area contributed by atoms with E-state index < -0.39 is 0 Å². The summed E-state index contributed by atoms with van der Waals surface area (Å²) in [6.45, 7) is 0. The number of halogens is 1. The van der Waals surface area contributed by atoms with Crippen LogP contribution in [0.2, 0.25) is 0 Å². The van der Waals surface area contributed by atoms with Crippen LogP contribution in [0.5, 0.6) is 0 Å². The van der Waals surface area contributed by atoms with E-state index in [2.05, 4.69) is 27.9 Å². The zero-order valence-corrected chi connectivity index (χ0v) is 12.1. The topological polar surface area (TPSA) is 29.1 Å². The van der Waals surface area contributed by atoms with Gasteiger partial charge in [-0.15, -0.1) is 0 Å². The van der Waals surface area contributed by atoms with Crippen molar-refractivity contribution in [2.45, 2.75) is 38.5 Å². The molecule has 0 heterocycles. The van der Waals surface area contributed by atoms with Crippen molar-refractivity contribution >= 4 is 34.2 Å². The molecule has 2 nitrogen and oxygen atoms in total. The molecule has 0 spiro atoms. The van der Waals surface area contributed by atoms with Gasteiger partial charge < -0.3 is 5.32 Å². The van der Waals surface area contributed by atoms with Crippen LogP contribution in [0.25, 0.3) is 0 Å². The van der Waals surface area contributed by atoms with Crippen LogP contribution in [0.1, 0.15) is 38.5 Å². The van der Waals surface area contributed by atoms with Gasteiger partial charge in [0.2, 0.25) is 5.91 Å². The molecule has 0 bridgehead atoms. The number of benzene rings is 1. The molecule has 1 aliphatic rings. The second-order valence-corrected chi connectivity index (χ2v) is 5.93. The van der Waals surface area contributed by atoms with Crippen molar-refractivity contribution in [2.75, 3.05) is 5.32 Å². The van der Waals surface area contributed by atoms with Crippen molar-refractivity contribution in [1.82, 2.24) is 0 Å². The third kappa shape index (κ3) is 3.98. The first-order valence-corrected chi connectivity index (χ1v) is 7.40. The quantitative estimate of drug-likeness (QED) is 0.633. The molecule has 3 heteroatoms. The Balaban J connectivity index is 1.95. The molecule has 0 saturated heterocycles. The Morgan fingerprint density at radius 2 is 1.88 bits per heavy atom. The summed E-state index contributed by atoms with van der Waals surface area (Å²) in [5.41, 5.74) is 0.922. The fraction of sp³-hybridized carbons (Fsp3) is 0.500. The predicted octanol–water partition coefficient (Wildman–Crippen LogP) is 4.20. The lowest BCUT2D eigenvalue weighted by molar-refractivity contribution is -0.120. The van der Waals surface area contributed by atoms with E-state index in [1.165, 1.54) is 25.7 Å². The molecule has 0 radical (unpaired) electrons. The summed E-state index contributed by atoms with van der Waals surface area (Å²) in [5.74, 6) is 0.421. The van der Waals surface area contributed by atoms with E-state index in [4.69, 9.17) is 0 Å². The number of amides is 1. The molecule has 1 aliphatic carbocycles. The molecular formula is C14H18INO. The minimum absolute atomic E-state index is 0.203. The van der Waals surface area contributed by atoms with E-state index in [-0.39, 0.29) is 11.8 Å². The molecular weight excluding hydrogens is 325 g/mol. The highest BCUT2D eigenvalue weighted by Gasteiger charge is 2.19. The van der Waals surface area contributed by atoms with Gasteiger partial charge in [-0.25, -0.2) is 0 Å². The highest BCUT2D eigenvalue weighted by molar-refractivity contribution is 14.1. The SMILES string of the molecule is O=C(Nc1cccc(I)c1)C1CCCCCC1. The maximum Gasteiger partial charge on any atom is 0.227 e. The molecule has 0 unspecified atom stereocenters. The molecule has 1 saturated carbocycles. The molecule has 0 atom stereocenters. The smallest absolute Gasteiger partial charge is 0.227 e. The van der Waals surface area contributed by atoms with Crippen LogP contribution >= 0.6 is 22.6 Å². The molecule has 1 aromatic carbocycles. The highest BCUT2D eigenvalue weighted by atomic mass is 127. The number of rotatable bonds is 2. The first kappa shape index (κ1) is 12.9. The molecule has 0 aliphatic heterocycles. The lowest BCUT2D eigenvalue weighted by Gasteiger charge is -2.14. The summed E-state index contributed by atoms with van der Waals surface area (Å²) >= 11 is 2.26. The average Bonchev–Trinajstić information content (AvgIpc) is 2.57. The first-order chi connectivity index (χ1) is 8.25. The fourth-order valence-electron chi connectivity index (χ4n) is 2.35. The van der Waals surface area contributed by atoms with Gasteiger partial charge in [-0.05, 0) is 53.6 Å². The van der Waals surface area contributed by atoms with Gasteiger partial charge in [-0.3, -0.25) is 4.79 Å². The lowest BCUT2D eigenvalue weighted by atomic mass is 9.99. The Labute approximate surface area is 116 Å². The molecule has 1 aromatic rings. The van der Waals surface area contributed by atoms with Crippen molar-refractivity contribution in [3.63, 3.8) is 0 Å². The summed E-state index contributed by atoms with van der Waals surface area (Å²) in [5, 5.41) is 3.04. The van der Waals surface area contributed by atoms with Crippen molar-refractivity contribution in [2.24, 2.45) is 5.92 Å². The molecule has 2 rings (SSSR count). The van der Waals surface area contributed by atoms with Gasteiger partial charge in [-0.1, -0.05) is 31.7 Å². The molecule has 1 fully saturated rings. The highest BCUT2D eigenvalue weighted by Crippen LogP contribution is 2.24. The zero-order valence-electron chi connectivity index (χ0n) is 9.92. The Hall–Kier alpha value is -0.580. The Morgan fingerprint density at radius 1 is 1.18 bits per heavy atom. The maximum atomic E-state index is 12.1. The van der Waals surface area contributed by atoms with Gasteiger partial charge in [0, 0.05) is 15.2 Å². The van der Waals surface area contributed by atoms with Crippen LogP contribution in [0.4, 0.5) is 5.69 Å². The van der Waals surface area contributed by atoms with E-state index in [0.717, 1.165) is 22.1 Å². The number of hydrogen-bond acceptors (Lipinski definition) is 1. The van der Waals surface area contributed by atoms with E-state index in [1.807, 2.05) is 24.3 Å². The van der Waals surface area contributed by atoms with Crippen LogP contribution in [-0.2, 0) is 4.79 Å². The number of anilines is 1. The second kappa shape index (κ2) is 6.38. The van der Waals surface area contributed by atoms with Gasteiger partial charge in [0.15, 0.2) is 0 Å². The normalized spacial score (nSPS) is 17.5. The van der Waals surface area contributed by atoms with E-state index in [9.17, 15) is 4.79 Å². The maximum absolute atomic E-state index is 12.1. The standard InChI is InChI=1S/C14H18INO/c15-12-8-5-9-13(10-12)16-14(17)11-6-3-1-2-4-7-11/h5,8-11H,1-4,6-7H2,(H,16,17). The lowest BCUT2D eigenvalue weighted by Crippen LogP contribution is -2.22. The Morgan fingerprint density at radius 3 is 2.53 bits per heavy atom. The summed E-state index contributed by atoms with van der Waals surface area (Å²) in [4.78, 5) is 12.1. The fourth-order valence-corrected chi connectivity index (χ4v) is 2.90. The van der Waals surface area contributed by atoms with Gasteiger partial charge in [0.1, 0.15) is 0 Å². The first-order valence-electron chi connectivity index (χ1n) is 6.32. The van der Waals surface area contributed by atoms with Crippen LogP contribution in [0.3, 0.4) is 0 Å². The third-order valence-electron chi connectivity index (χ3n) is 3.32. The molecule has 1 amide bonds. The Kier molecular flexibility index (Phi) is 4.83. The van der Waals surface area contributed by atoms with Crippen molar-refractivity contribution in [3.8, 4) is 0 Å². The number of hydrogen-bond donors (Lipinski definition) is 1. The minimum atomic E-state index is 0.203. The summed E-state index contributed by atoms with van der Waals surface area (Å²) in [7, 11) is 0. The number of carbonyl (C=O) groups excluding carboxylic acids is 1. The van der Waals surface area contributed by atoms with Crippen LogP contribution in [0, 0.1) is 9.49 Å². The molecule has 0 aromatic heterocycles. The van der Waals surface area contributed by atoms with Gasteiger partial charge in [0.05, 0.1) is 0 Å². The monoisotopic (exact) mass is 343 g/mol. The second-order valence-electron chi connectivity index (χ2n) is 4.69. The van der Waals surface area contributed by atoms with E-state index in [1.54, 1.807) is 0 Å². The number of nitrogens with one attached hydrogen (secondary N) is 1. The molecule has 1 N–H and O–H groups in total. The molecule has 92 valence electrons. The average molecular weight is 343 g/mol. The van der Waals surface area contributed by atoms with Crippen LogP contribution in [0.15, 0.2) is 24.3 Å². The molecule has 17 heavy (non-hydrogen) atoms. The third-order valence-corrected chi connectivity index (χ3v) is 3.99. The van der Waals surface area contributed by atoms with E-state index >= 15 is 0 Å². The number of carbonyl (C=O) groups is 1. The largest absolute Gasteiger partial charge is 0.326 e. The van der Waals surface area contributed by atoms with Gasteiger partial charge in [0.25, 0.3) is 0 Å². The summed E-state index contributed by atoms with van der Waals surface area (Å²) in [6, 6.07) is 7.97. The van der Waals surface area contributed by atoms with Crippen LogP contribution in [-0.4, -0.2) is 5.91 Å². The minimum Gasteiger partial charge on any atom is -0.326 e. The van der Waals surface area contributed by atoms with E-state index in [0.29, 0.717) is 0 Å².